The molecule has 0 fully saturated rings. The van der Waals surface area contributed by atoms with Crippen LogP contribution in [-0.4, -0.2) is 4.57 Å². The number of fused-ring (bicyclic) bond motifs is 8. The van der Waals surface area contributed by atoms with Gasteiger partial charge in [-0.1, -0.05) is 140 Å². The molecule has 0 N–H and O–H groups in total. The Morgan fingerprint density at radius 1 is 0.345 bits per heavy atom. The molecule has 0 aliphatic rings. The molecule has 55 heavy (non-hydrogen) atoms. The highest BCUT2D eigenvalue weighted by Gasteiger charge is 2.19. The number of aromatic nitrogens is 1. The quantitative estimate of drug-likeness (QED) is 0.166. The summed E-state index contributed by atoms with van der Waals surface area (Å²) in [5, 5.41) is 7.71. The summed E-state index contributed by atoms with van der Waals surface area (Å²) in [6.45, 7) is 0. The molecule has 11 aromatic rings. The second-order valence-corrected chi connectivity index (χ2v) is 15.2. The van der Waals surface area contributed by atoms with Crippen molar-refractivity contribution in [2.45, 2.75) is 0 Å². The Hall–Kier alpha value is -6.94. The number of anilines is 3. The van der Waals surface area contributed by atoms with Crippen molar-refractivity contribution in [3.63, 3.8) is 0 Å². The van der Waals surface area contributed by atoms with Crippen LogP contribution in [0.3, 0.4) is 0 Å². The van der Waals surface area contributed by atoms with E-state index in [4.69, 9.17) is 0 Å². The Morgan fingerprint density at radius 3 is 1.64 bits per heavy atom. The largest absolute Gasteiger partial charge is 0.310 e. The zero-order chi connectivity index (χ0) is 36.3. The molecule has 2 heterocycles. The van der Waals surface area contributed by atoms with Crippen LogP contribution in [0.2, 0.25) is 0 Å². The maximum atomic E-state index is 2.41. The molecule has 0 bridgehead atoms. The van der Waals surface area contributed by atoms with E-state index in [0.29, 0.717) is 0 Å². The summed E-state index contributed by atoms with van der Waals surface area (Å²) < 4.78 is 5.00. The minimum Gasteiger partial charge on any atom is -0.310 e. The van der Waals surface area contributed by atoms with Crippen molar-refractivity contribution in [2.75, 3.05) is 4.90 Å². The van der Waals surface area contributed by atoms with Gasteiger partial charge < -0.3 is 9.47 Å². The van der Waals surface area contributed by atoms with E-state index in [0.717, 1.165) is 17.1 Å². The number of thiophene rings is 1. The van der Waals surface area contributed by atoms with Gasteiger partial charge >= 0.3 is 0 Å². The molecule has 0 atom stereocenters. The fraction of sp³-hybridized carbons (Fsp3) is 0. The molecule has 0 unspecified atom stereocenters. The molecule has 0 radical (unpaired) electrons. The molecule has 11 rings (SSSR count). The Kier molecular flexibility index (Phi) is 7.39. The number of para-hydroxylation sites is 1. The number of nitrogens with zero attached hydrogens (tertiary/aromatic N) is 2. The highest BCUT2D eigenvalue weighted by molar-refractivity contribution is 7.26. The minimum atomic E-state index is 1.12. The molecule has 0 aliphatic carbocycles. The third-order valence-electron chi connectivity index (χ3n) is 11.0. The second kappa shape index (κ2) is 12.9. The first-order chi connectivity index (χ1) is 27.3. The van der Waals surface area contributed by atoms with Crippen LogP contribution >= 0.6 is 11.3 Å². The van der Waals surface area contributed by atoms with Gasteiger partial charge in [-0.2, -0.15) is 0 Å². The lowest BCUT2D eigenvalue weighted by Crippen LogP contribution is -2.10. The average Bonchev–Trinajstić information content (AvgIpc) is 3.81. The third-order valence-corrected chi connectivity index (χ3v) is 12.1. The van der Waals surface area contributed by atoms with Gasteiger partial charge in [0.1, 0.15) is 0 Å². The SMILES string of the molecule is c1ccc(-c2ccc(N(c3ccc(-c4ccc(-n5c6ccccc6c6c7ccccc7ccc65)cc4)cc3)c3cccc4sc5ccccc5c34)cc2)cc1. The monoisotopic (exact) mass is 718 g/mol. The van der Waals surface area contributed by atoms with Gasteiger partial charge in [-0.15, -0.1) is 11.3 Å². The van der Waals surface area contributed by atoms with Crippen LogP contribution in [-0.2, 0) is 0 Å². The van der Waals surface area contributed by atoms with Crippen LogP contribution in [0.5, 0.6) is 0 Å². The van der Waals surface area contributed by atoms with Gasteiger partial charge in [-0.05, 0) is 99.8 Å². The number of hydrogen-bond donors (Lipinski definition) is 0. The van der Waals surface area contributed by atoms with Crippen molar-refractivity contribution in [3.05, 3.63) is 206 Å². The fourth-order valence-electron chi connectivity index (χ4n) is 8.43. The number of benzene rings is 9. The first kappa shape index (κ1) is 31.6. The van der Waals surface area contributed by atoms with E-state index in [1.54, 1.807) is 0 Å². The Bertz CT molecular complexity index is 3170. The maximum Gasteiger partial charge on any atom is 0.0554 e. The van der Waals surface area contributed by atoms with Crippen molar-refractivity contribution >= 4 is 81.1 Å². The zero-order valence-electron chi connectivity index (χ0n) is 29.9. The molecular formula is C52H34N2S. The molecule has 0 amide bonds. The molecule has 9 aromatic carbocycles. The summed E-state index contributed by atoms with van der Waals surface area (Å²) in [7, 11) is 0. The van der Waals surface area contributed by atoms with Crippen molar-refractivity contribution in [2.24, 2.45) is 0 Å². The highest BCUT2D eigenvalue weighted by Crippen LogP contribution is 2.45. The average molecular weight is 719 g/mol. The highest BCUT2D eigenvalue weighted by atomic mass is 32.1. The second-order valence-electron chi connectivity index (χ2n) is 14.1. The van der Waals surface area contributed by atoms with Crippen LogP contribution < -0.4 is 4.90 Å². The molecular weight excluding hydrogens is 685 g/mol. The molecule has 2 aromatic heterocycles. The van der Waals surface area contributed by atoms with Gasteiger partial charge in [0.15, 0.2) is 0 Å². The summed E-state index contributed by atoms with van der Waals surface area (Å²) in [6, 6.07) is 75.1. The summed E-state index contributed by atoms with van der Waals surface area (Å²) >= 11 is 1.86. The minimum absolute atomic E-state index is 1.12. The summed E-state index contributed by atoms with van der Waals surface area (Å²) in [6.07, 6.45) is 0. The Morgan fingerprint density at radius 2 is 0.909 bits per heavy atom. The Balaban J connectivity index is 0.993. The molecule has 0 spiro atoms. The van der Waals surface area contributed by atoms with Crippen molar-refractivity contribution in [1.29, 1.82) is 0 Å². The number of hydrogen-bond acceptors (Lipinski definition) is 2. The number of rotatable bonds is 6. The van der Waals surface area contributed by atoms with Crippen LogP contribution in [0.4, 0.5) is 17.1 Å². The normalized spacial score (nSPS) is 11.6. The lowest BCUT2D eigenvalue weighted by Gasteiger charge is -2.27. The van der Waals surface area contributed by atoms with Crippen molar-refractivity contribution in [1.82, 2.24) is 4.57 Å². The van der Waals surface area contributed by atoms with Crippen molar-refractivity contribution < 1.29 is 0 Å². The van der Waals surface area contributed by atoms with E-state index in [-0.39, 0.29) is 0 Å². The lowest BCUT2D eigenvalue weighted by atomic mass is 10.0. The van der Waals surface area contributed by atoms with E-state index in [9.17, 15) is 0 Å². The van der Waals surface area contributed by atoms with E-state index < -0.39 is 0 Å². The summed E-state index contributed by atoms with van der Waals surface area (Å²) in [5.74, 6) is 0. The van der Waals surface area contributed by atoms with Crippen LogP contribution in [0.15, 0.2) is 206 Å². The van der Waals surface area contributed by atoms with Gasteiger partial charge in [-0.3, -0.25) is 0 Å². The summed E-state index contributed by atoms with van der Waals surface area (Å²) in [5.41, 5.74) is 11.8. The van der Waals surface area contributed by atoms with Crippen LogP contribution in [0.1, 0.15) is 0 Å². The van der Waals surface area contributed by atoms with Gasteiger partial charge in [0.2, 0.25) is 0 Å². The van der Waals surface area contributed by atoms with Gasteiger partial charge in [0.05, 0.1) is 16.7 Å². The van der Waals surface area contributed by atoms with E-state index in [2.05, 4.69) is 216 Å². The maximum absolute atomic E-state index is 2.41. The topological polar surface area (TPSA) is 8.17 Å². The van der Waals surface area contributed by atoms with E-state index in [1.165, 1.54) is 80.7 Å². The van der Waals surface area contributed by atoms with E-state index >= 15 is 0 Å². The molecule has 0 saturated carbocycles. The fourth-order valence-corrected chi connectivity index (χ4v) is 9.55. The molecule has 3 heteroatoms. The predicted octanol–water partition coefficient (Wildman–Crippen LogP) is 15.1. The standard InChI is InChI=1S/C52H34N2S/c1-2-11-35(12-3-1)36-21-28-40(29-22-36)53(47-18-10-20-50-52(47)45-16-7-9-19-49(45)55-50)41-30-23-37(24-31-41)38-25-32-42(33-26-38)54-46-17-8-6-15-44(46)51-43-14-5-4-13-39(43)27-34-48(51)54/h1-34H. The predicted molar refractivity (Wildman–Crippen MR) is 237 cm³/mol. The summed E-state index contributed by atoms with van der Waals surface area (Å²) in [4.78, 5) is 2.41. The first-order valence-electron chi connectivity index (χ1n) is 18.8. The lowest BCUT2D eigenvalue weighted by molar-refractivity contribution is 1.18. The molecule has 2 nitrogen and oxygen atoms in total. The van der Waals surface area contributed by atoms with Gasteiger partial charge in [0, 0.05) is 48.0 Å². The molecule has 258 valence electrons. The van der Waals surface area contributed by atoms with Crippen LogP contribution in [0.25, 0.3) is 80.7 Å². The Labute approximate surface area is 323 Å². The van der Waals surface area contributed by atoms with Crippen molar-refractivity contribution in [3.8, 4) is 27.9 Å². The van der Waals surface area contributed by atoms with Crippen LogP contribution in [0, 0.1) is 0 Å². The van der Waals surface area contributed by atoms with Gasteiger partial charge in [0.25, 0.3) is 0 Å². The van der Waals surface area contributed by atoms with Gasteiger partial charge in [-0.25, -0.2) is 0 Å². The third kappa shape index (κ3) is 5.24. The molecule has 0 saturated heterocycles. The zero-order valence-corrected chi connectivity index (χ0v) is 30.7. The smallest absolute Gasteiger partial charge is 0.0554 e. The van der Waals surface area contributed by atoms with E-state index in [1.807, 2.05) is 11.3 Å². The molecule has 0 aliphatic heterocycles. The first-order valence-corrected chi connectivity index (χ1v) is 19.6.